The number of aromatic nitrogens is 4. The number of carbonyl (C=O) groups is 2. The van der Waals surface area contributed by atoms with Crippen LogP contribution in [-0.2, 0) is 0 Å². The maximum Gasteiger partial charge on any atom is 0.278 e. The molecule has 0 unspecified atom stereocenters. The van der Waals surface area contributed by atoms with Gasteiger partial charge in [0.25, 0.3) is 17.4 Å². The van der Waals surface area contributed by atoms with Crippen LogP contribution in [0.5, 0.6) is 0 Å². The van der Waals surface area contributed by atoms with E-state index in [9.17, 15) is 14.4 Å². The average Bonchev–Trinajstić information content (AvgIpc) is 2.76. The maximum atomic E-state index is 13.1. The first-order valence-electron chi connectivity index (χ1n) is 9.31. The number of hydrogen-bond donors (Lipinski definition) is 3. The number of pyridine rings is 2. The van der Waals surface area contributed by atoms with Gasteiger partial charge < -0.3 is 5.32 Å². The highest BCUT2D eigenvalue weighted by atomic mass is 16.2. The van der Waals surface area contributed by atoms with E-state index in [2.05, 4.69) is 30.6 Å². The molecule has 3 N–H and O–H groups in total. The van der Waals surface area contributed by atoms with Crippen molar-refractivity contribution in [2.45, 2.75) is 25.9 Å². The van der Waals surface area contributed by atoms with Crippen LogP contribution in [0, 0.1) is 0 Å². The van der Waals surface area contributed by atoms with Crippen LogP contribution in [0.2, 0.25) is 0 Å². The first-order chi connectivity index (χ1) is 14.5. The number of carbonyl (C=O) groups excluding carboxylic acids is 2. The number of fused-ring (bicyclic) bond motifs is 1. The molecule has 0 bridgehead atoms. The van der Waals surface area contributed by atoms with Crippen molar-refractivity contribution in [2.24, 2.45) is 0 Å². The van der Waals surface area contributed by atoms with E-state index < -0.39 is 11.5 Å². The third kappa shape index (κ3) is 3.50. The zero-order valence-electron chi connectivity index (χ0n) is 16.3. The second kappa shape index (κ2) is 7.74. The average molecular weight is 405 g/mol. The number of nitrogens with zero attached hydrogens (tertiary/aromatic N) is 4. The van der Waals surface area contributed by atoms with E-state index in [4.69, 9.17) is 0 Å². The summed E-state index contributed by atoms with van der Waals surface area (Å²) in [6.45, 7) is 3.72. The molecule has 152 valence electrons. The van der Waals surface area contributed by atoms with E-state index in [0.717, 1.165) is 0 Å². The van der Waals surface area contributed by atoms with Gasteiger partial charge in [-0.25, -0.2) is 0 Å². The van der Waals surface area contributed by atoms with Crippen molar-refractivity contribution in [2.75, 3.05) is 15.5 Å². The van der Waals surface area contributed by atoms with Crippen LogP contribution in [-0.4, -0.2) is 43.8 Å². The van der Waals surface area contributed by atoms with E-state index in [-0.39, 0.29) is 35.4 Å². The molecule has 10 nitrogen and oxygen atoms in total. The van der Waals surface area contributed by atoms with Gasteiger partial charge in [-0.05, 0) is 38.1 Å². The third-order valence-electron chi connectivity index (χ3n) is 4.91. The SMILES string of the molecule is C[C@@H]1Nc2nc(NC(=O)c3cccnc3)[nH]c(=O)c2N(C(=O)c2cccnc2)[C@@H]1C. The topological polar surface area (TPSA) is 133 Å². The molecule has 0 aliphatic carbocycles. The van der Waals surface area contributed by atoms with Gasteiger partial charge in [0.2, 0.25) is 5.95 Å². The number of H-pyrrole nitrogens is 1. The van der Waals surface area contributed by atoms with Gasteiger partial charge in [-0.1, -0.05) is 0 Å². The molecular formula is C20H19N7O3. The van der Waals surface area contributed by atoms with E-state index in [1.54, 1.807) is 36.7 Å². The molecule has 2 amide bonds. The van der Waals surface area contributed by atoms with Crippen molar-refractivity contribution in [3.8, 4) is 0 Å². The molecule has 0 fully saturated rings. The van der Waals surface area contributed by atoms with E-state index in [1.165, 1.54) is 17.3 Å². The smallest absolute Gasteiger partial charge is 0.278 e. The fourth-order valence-corrected chi connectivity index (χ4v) is 3.21. The second-order valence-corrected chi connectivity index (χ2v) is 6.90. The highest BCUT2D eigenvalue weighted by molar-refractivity contribution is 6.08. The Morgan fingerprint density at radius 3 is 2.37 bits per heavy atom. The molecule has 30 heavy (non-hydrogen) atoms. The molecule has 0 spiro atoms. The van der Waals surface area contributed by atoms with Crippen molar-refractivity contribution < 1.29 is 9.59 Å². The molecule has 0 aromatic carbocycles. The molecule has 2 atom stereocenters. The van der Waals surface area contributed by atoms with Crippen LogP contribution in [0.4, 0.5) is 17.5 Å². The van der Waals surface area contributed by atoms with Gasteiger partial charge in [0.15, 0.2) is 11.5 Å². The highest BCUT2D eigenvalue weighted by Crippen LogP contribution is 2.31. The zero-order chi connectivity index (χ0) is 21.3. The van der Waals surface area contributed by atoms with E-state index >= 15 is 0 Å². The van der Waals surface area contributed by atoms with E-state index in [0.29, 0.717) is 11.1 Å². The standard InChI is InChI=1S/C20H19N7O3/c1-11-12(2)27(19(30)14-6-4-8-22-10-14)15-16(23-11)24-20(26-18(15)29)25-17(28)13-5-3-7-21-9-13/h3-12H,1-2H3,(H3,23,24,25,26,28,29)/t11-,12+/m0/s1. The molecule has 4 heterocycles. The van der Waals surface area contributed by atoms with Crippen LogP contribution in [0.1, 0.15) is 34.6 Å². The Hall–Kier alpha value is -4.08. The van der Waals surface area contributed by atoms with Gasteiger partial charge in [-0.3, -0.25) is 39.6 Å². The fraction of sp³-hybridized carbons (Fsp3) is 0.200. The molecule has 1 aliphatic heterocycles. The minimum absolute atomic E-state index is 0.0318. The van der Waals surface area contributed by atoms with Crippen LogP contribution < -0.4 is 21.1 Å². The number of nitrogens with one attached hydrogen (secondary N) is 3. The minimum Gasteiger partial charge on any atom is -0.364 e. The van der Waals surface area contributed by atoms with Crippen molar-refractivity contribution >= 4 is 29.3 Å². The molecule has 0 saturated carbocycles. The van der Waals surface area contributed by atoms with Crippen molar-refractivity contribution in [3.63, 3.8) is 0 Å². The van der Waals surface area contributed by atoms with Crippen LogP contribution >= 0.6 is 0 Å². The molecule has 1 aliphatic rings. The summed E-state index contributed by atoms with van der Waals surface area (Å²) in [6.07, 6.45) is 5.98. The Morgan fingerprint density at radius 2 is 1.73 bits per heavy atom. The van der Waals surface area contributed by atoms with Crippen LogP contribution in [0.3, 0.4) is 0 Å². The largest absolute Gasteiger partial charge is 0.364 e. The third-order valence-corrected chi connectivity index (χ3v) is 4.91. The van der Waals surface area contributed by atoms with Gasteiger partial charge in [0.1, 0.15) is 0 Å². The molecule has 4 rings (SSSR count). The van der Waals surface area contributed by atoms with Crippen LogP contribution in [0.25, 0.3) is 0 Å². The molecular weight excluding hydrogens is 386 g/mol. The predicted octanol–water partition coefficient (Wildman–Crippen LogP) is 1.66. The van der Waals surface area contributed by atoms with Crippen molar-refractivity contribution in [1.82, 2.24) is 19.9 Å². The summed E-state index contributed by atoms with van der Waals surface area (Å²) in [5.74, 6) is -0.643. The Kier molecular flexibility index (Phi) is 4.97. The summed E-state index contributed by atoms with van der Waals surface area (Å²) < 4.78 is 0. The first kappa shape index (κ1) is 19.2. The van der Waals surface area contributed by atoms with Crippen LogP contribution in [0.15, 0.2) is 53.8 Å². The predicted molar refractivity (Wildman–Crippen MR) is 111 cm³/mol. The Labute approximate surface area is 171 Å². The summed E-state index contributed by atoms with van der Waals surface area (Å²) in [5, 5.41) is 5.69. The minimum atomic E-state index is -0.551. The lowest BCUT2D eigenvalue weighted by Crippen LogP contribution is -2.53. The normalized spacial score (nSPS) is 17.6. The summed E-state index contributed by atoms with van der Waals surface area (Å²) in [4.78, 5) is 54.5. The Bertz CT molecular complexity index is 1150. The van der Waals surface area contributed by atoms with Gasteiger partial charge in [-0.15, -0.1) is 0 Å². The molecule has 0 radical (unpaired) electrons. The van der Waals surface area contributed by atoms with Gasteiger partial charge in [0, 0.05) is 30.8 Å². The van der Waals surface area contributed by atoms with Gasteiger partial charge in [-0.2, -0.15) is 4.98 Å². The highest BCUT2D eigenvalue weighted by Gasteiger charge is 2.36. The first-order valence-corrected chi connectivity index (χ1v) is 9.31. The number of anilines is 3. The summed E-state index contributed by atoms with van der Waals surface area (Å²) >= 11 is 0. The lowest BCUT2D eigenvalue weighted by molar-refractivity contribution is 0.0972. The summed E-state index contributed by atoms with van der Waals surface area (Å²) in [6, 6.07) is 6.01. The van der Waals surface area contributed by atoms with Crippen molar-refractivity contribution in [1.29, 1.82) is 0 Å². The van der Waals surface area contributed by atoms with Gasteiger partial charge in [0.05, 0.1) is 17.2 Å². The number of hydrogen-bond acceptors (Lipinski definition) is 7. The molecule has 10 heteroatoms. The quantitative estimate of drug-likeness (QED) is 0.603. The maximum absolute atomic E-state index is 13.1. The van der Waals surface area contributed by atoms with E-state index in [1.807, 2.05) is 13.8 Å². The Morgan fingerprint density at radius 1 is 1.07 bits per heavy atom. The number of aromatic amines is 1. The summed E-state index contributed by atoms with van der Waals surface area (Å²) in [5.41, 5.74) is 0.220. The van der Waals surface area contributed by atoms with Crippen molar-refractivity contribution in [3.05, 3.63) is 70.5 Å². The summed E-state index contributed by atoms with van der Waals surface area (Å²) in [7, 11) is 0. The lowest BCUT2D eigenvalue weighted by atomic mass is 10.0. The molecule has 0 saturated heterocycles. The second-order valence-electron chi connectivity index (χ2n) is 6.90. The zero-order valence-corrected chi connectivity index (χ0v) is 16.3. The fourth-order valence-electron chi connectivity index (χ4n) is 3.21. The van der Waals surface area contributed by atoms with Gasteiger partial charge >= 0.3 is 0 Å². The Balaban J connectivity index is 1.71. The lowest BCUT2D eigenvalue weighted by Gasteiger charge is -2.38. The molecule has 3 aromatic rings. The molecule has 3 aromatic heterocycles. The number of rotatable bonds is 3. The monoisotopic (exact) mass is 405 g/mol. The number of amides is 2.